The number of amides is 2. The average molecular weight is 445 g/mol. The molecular weight excluding hydrogens is 419 g/mol. The SMILES string of the molecule is CNC(=O)C1c2cc(-c3ccc(C(=O)N4CCCC4)cc3)ccc2OC1c1ccc(F)cc1. The van der Waals surface area contributed by atoms with E-state index < -0.39 is 12.0 Å². The zero-order chi connectivity index (χ0) is 22.9. The Morgan fingerprint density at radius 3 is 2.27 bits per heavy atom. The third-order valence-electron chi connectivity index (χ3n) is 6.49. The summed E-state index contributed by atoms with van der Waals surface area (Å²) < 4.78 is 19.6. The van der Waals surface area contributed by atoms with Crippen LogP contribution in [0.1, 0.15) is 46.3 Å². The Balaban J connectivity index is 1.45. The normalized spacial score (nSPS) is 19.2. The van der Waals surface area contributed by atoms with Gasteiger partial charge in [0.1, 0.15) is 23.6 Å². The highest BCUT2D eigenvalue weighted by Crippen LogP contribution is 2.47. The van der Waals surface area contributed by atoms with Crippen LogP contribution in [0.15, 0.2) is 66.7 Å². The summed E-state index contributed by atoms with van der Waals surface area (Å²) in [6.45, 7) is 1.64. The fraction of sp³-hybridized carbons (Fsp3) is 0.259. The second-order valence-corrected chi connectivity index (χ2v) is 8.51. The summed E-state index contributed by atoms with van der Waals surface area (Å²) in [5, 5.41) is 2.73. The number of nitrogens with one attached hydrogen (secondary N) is 1. The van der Waals surface area contributed by atoms with Gasteiger partial charge in [0.05, 0.1) is 0 Å². The molecule has 2 unspecified atom stereocenters. The summed E-state index contributed by atoms with van der Waals surface area (Å²) in [7, 11) is 1.60. The maximum atomic E-state index is 13.4. The molecule has 0 bridgehead atoms. The highest BCUT2D eigenvalue weighted by molar-refractivity contribution is 5.95. The molecule has 1 fully saturated rings. The van der Waals surface area contributed by atoms with Gasteiger partial charge in [-0.2, -0.15) is 0 Å². The second kappa shape index (κ2) is 8.70. The van der Waals surface area contributed by atoms with E-state index >= 15 is 0 Å². The van der Waals surface area contributed by atoms with Crippen LogP contribution in [-0.4, -0.2) is 36.9 Å². The van der Waals surface area contributed by atoms with Crippen molar-refractivity contribution in [2.45, 2.75) is 24.9 Å². The van der Waals surface area contributed by atoms with Crippen molar-refractivity contribution in [1.29, 1.82) is 0 Å². The van der Waals surface area contributed by atoms with Gasteiger partial charge < -0.3 is 15.0 Å². The Morgan fingerprint density at radius 2 is 1.61 bits per heavy atom. The summed E-state index contributed by atoms with van der Waals surface area (Å²) in [6.07, 6.45) is 1.59. The lowest BCUT2D eigenvalue weighted by molar-refractivity contribution is -0.123. The van der Waals surface area contributed by atoms with Gasteiger partial charge in [0.15, 0.2) is 0 Å². The average Bonchev–Trinajstić information content (AvgIpc) is 3.52. The van der Waals surface area contributed by atoms with Crippen LogP contribution in [0, 0.1) is 5.82 Å². The molecule has 0 spiro atoms. The number of halogens is 1. The van der Waals surface area contributed by atoms with E-state index in [0.717, 1.165) is 48.2 Å². The number of benzene rings is 3. The number of ether oxygens (including phenoxy) is 1. The first-order valence-corrected chi connectivity index (χ1v) is 11.2. The molecule has 3 aromatic rings. The van der Waals surface area contributed by atoms with Gasteiger partial charge in [-0.3, -0.25) is 9.59 Å². The standard InChI is InChI=1S/C27H25FN2O3/c1-29-26(31)24-22-16-20(10-13-23(22)33-25(24)18-8-11-21(28)12-9-18)17-4-6-19(7-5-17)27(32)30-14-2-3-15-30/h4-13,16,24-25H,2-3,14-15H2,1H3,(H,29,31). The van der Waals surface area contributed by atoms with Gasteiger partial charge in [-0.15, -0.1) is 0 Å². The van der Waals surface area contributed by atoms with Crippen LogP contribution in [0.2, 0.25) is 0 Å². The molecule has 3 aromatic carbocycles. The van der Waals surface area contributed by atoms with Crippen LogP contribution >= 0.6 is 0 Å². The van der Waals surface area contributed by atoms with Gasteiger partial charge in [-0.25, -0.2) is 4.39 Å². The molecule has 0 aliphatic carbocycles. The zero-order valence-electron chi connectivity index (χ0n) is 18.4. The quantitative estimate of drug-likeness (QED) is 0.635. The largest absolute Gasteiger partial charge is 0.484 e. The van der Waals surface area contributed by atoms with Crippen molar-refractivity contribution in [3.05, 3.63) is 89.2 Å². The van der Waals surface area contributed by atoms with Gasteiger partial charge in [-0.05, 0) is 65.9 Å². The summed E-state index contributed by atoms with van der Waals surface area (Å²) in [6, 6.07) is 19.4. The third-order valence-corrected chi connectivity index (χ3v) is 6.49. The van der Waals surface area contributed by atoms with Crippen molar-refractivity contribution in [1.82, 2.24) is 10.2 Å². The lowest BCUT2D eigenvalue weighted by Crippen LogP contribution is -2.28. The summed E-state index contributed by atoms with van der Waals surface area (Å²) in [5.41, 5.74) is 4.11. The predicted octanol–water partition coefficient (Wildman–Crippen LogP) is 4.69. The van der Waals surface area contributed by atoms with E-state index in [1.165, 1.54) is 12.1 Å². The molecule has 2 atom stereocenters. The molecule has 5 rings (SSSR count). The van der Waals surface area contributed by atoms with Gasteiger partial charge in [-0.1, -0.05) is 30.3 Å². The molecule has 6 heteroatoms. The van der Waals surface area contributed by atoms with Gasteiger partial charge >= 0.3 is 0 Å². The van der Waals surface area contributed by atoms with Crippen molar-refractivity contribution in [2.24, 2.45) is 0 Å². The van der Waals surface area contributed by atoms with Crippen molar-refractivity contribution >= 4 is 11.8 Å². The monoisotopic (exact) mass is 444 g/mol. The molecule has 0 radical (unpaired) electrons. The number of carbonyl (C=O) groups is 2. The molecule has 1 saturated heterocycles. The van der Waals surface area contributed by atoms with E-state index in [9.17, 15) is 14.0 Å². The summed E-state index contributed by atoms with van der Waals surface area (Å²) >= 11 is 0. The zero-order valence-corrected chi connectivity index (χ0v) is 18.4. The number of hydrogen-bond acceptors (Lipinski definition) is 3. The number of hydrogen-bond donors (Lipinski definition) is 1. The predicted molar refractivity (Wildman–Crippen MR) is 124 cm³/mol. The fourth-order valence-electron chi connectivity index (χ4n) is 4.70. The van der Waals surface area contributed by atoms with E-state index in [1.807, 2.05) is 47.4 Å². The lowest BCUT2D eigenvalue weighted by Gasteiger charge is -2.18. The Hall–Kier alpha value is -3.67. The summed E-state index contributed by atoms with van der Waals surface area (Å²) in [5.74, 6) is -0.330. The maximum absolute atomic E-state index is 13.4. The first-order valence-electron chi connectivity index (χ1n) is 11.2. The van der Waals surface area contributed by atoms with Crippen molar-refractivity contribution < 1.29 is 18.7 Å². The third kappa shape index (κ3) is 3.97. The molecule has 5 nitrogen and oxygen atoms in total. The first-order chi connectivity index (χ1) is 16.0. The minimum Gasteiger partial charge on any atom is -0.484 e. The number of likely N-dealkylation sites (tertiary alicyclic amines) is 1. The van der Waals surface area contributed by atoms with Crippen LogP contribution in [0.5, 0.6) is 5.75 Å². The number of rotatable bonds is 4. The highest BCUT2D eigenvalue weighted by Gasteiger charge is 2.40. The molecule has 33 heavy (non-hydrogen) atoms. The Labute approximate surface area is 192 Å². The second-order valence-electron chi connectivity index (χ2n) is 8.51. The van der Waals surface area contributed by atoms with Crippen molar-refractivity contribution in [2.75, 3.05) is 20.1 Å². The molecule has 2 amide bonds. The van der Waals surface area contributed by atoms with Crippen LogP contribution in [0.25, 0.3) is 11.1 Å². The van der Waals surface area contributed by atoms with E-state index in [4.69, 9.17) is 4.74 Å². The van der Waals surface area contributed by atoms with Gasteiger partial charge in [0.2, 0.25) is 5.91 Å². The summed E-state index contributed by atoms with van der Waals surface area (Å²) in [4.78, 5) is 27.3. The number of carbonyl (C=O) groups excluding carboxylic acids is 2. The highest BCUT2D eigenvalue weighted by atomic mass is 19.1. The molecule has 168 valence electrons. The lowest BCUT2D eigenvalue weighted by atomic mass is 9.88. The van der Waals surface area contributed by atoms with E-state index in [2.05, 4.69) is 5.32 Å². The van der Waals surface area contributed by atoms with Crippen LogP contribution in [0.3, 0.4) is 0 Å². The Bertz CT molecular complexity index is 1180. The minimum absolute atomic E-state index is 0.0724. The molecule has 0 saturated carbocycles. The molecule has 2 aliphatic heterocycles. The van der Waals surface area contributed by atoms with E-state index in [-0.39, 0.29) is 17.6 Å². The van der Waals surface area contributed by atoms with Crippen molar-refractivity contribution in [3.63, 3.8) is 0 Å². The molecule has 0 aromatic heterocycles. The molecule has 1 N–H and O–H groups in total. The molecule has 2 heterocycles. The minimum atomic E-state index is -0.550. The number of likely N-dealkylation sites (N-methyl/N-ethyl adjacent to an activating group) is 1. The van der Waals surface area contributed by atoms with E-state index in [0.29, 0.717) is 11.3 Å². The number of fused-ring (bicyclic) bond motifs is 1. The van der Waals surface area contributed by atoms with Crippen LogP contribution < -0.4 is 10.1 Å². The Morgan fingerprint density at radius 1 is 0.939 bits per heavy atom. The first kappa shape index (κ1) is 21.2. The van der Waals surface area contributed by atoms with E-state index in [1.54, 1.807) is 19.2 Å². The van der Waals surface area contributed by atoms with Gasteiger partial charge in [0.25, 0.3) is 5.91 Å². The maximum Gasteiger partial charge on any atom is 0.253 e. The van der Waals surface area contributed by atoms with Crippen molar-refractivity contribution in [3.8, 4) is 16.9 Å². The smallest absolute Gasteiger partial charge is 0.253 e. The topological polar surface area (TPSA) is 58.6 Å². The Kier molecular flexibility index (Phi) is 5.58. The fourth-order valence-corrected chi connectivity index (χ4v) is 4.70. The van der Waals surface area contributed by atoms with Crippen LogP contribution in [-0.2, 0) is 4.79 Å². The number of nitrogens with zero attached hydrogens (tertiary/aromatic N) is 1. The molecular formula is C27H25FN2O3. The van der Waals surface area contributed by atoms with Crippen LogP contribution in [0.4, 0.5) is 4.39 Å². The van der Waals surface area contributed by atoms with Gasteiger partial charge in [0, 0.05) is 31.3 Å². The molecule has 2 aliphatic rings.